The van der Waals surface area contributed by atoms with Gasteiger partial charge >= 0.3 is 5.97 Å². The summed E-state index contributed by atoms with van der Waals surface area (Å²) in [5, 5.41) is 9.33. The number of carbonyl (C=O) groups is 2. The maximum atomic E-state index is 12.8. The summed E-state index contributed by atoms with van der Waals surface area (Å²) >= 11 is 0. The van der Waals surface area contributed by atoms with Gasteiger partial charge in [-0.15, -0.1) is 0 Å². The molecule has 3 heterocycles. The summed E-state index contributed by atoms with van der Waals surface area (Å²) in [6.45, 7) is 4.47. The summed E-state index contributed by atoms with van der Waals surface area (Å²) in [5.74, 6) is -0.497. The predicted octanol–water partition coefficient (Wildman–Crippen LogP) is 2.79. The highest BCUT2D eigenvalue weighted by atomic mass is 16.4. The lowest BCUT2D eigenvalue weighted by molar-refractivity contribution is -0.144. The number of carbonyl (C=O) groups excluding carboxylic acids is 1. The van der Waals surface area contributed by atoms with Gasteiger partial charge in [0.05, 0.1) is 11.5 Å². The molecule has 6 heteroatoms. The third-order valence-corrected chi connectivity index (χ3v) is 5.49. The molecule has 2 aliphatic heterocycles. The molecule has 6 nitrogen and oxygen atoms in total. The monoisotopic (exact) mass is 345 g/mol. The zero-order chi connectivity index (χ0) is 17.8. The first kappa shape index (κ1) is 17.7. The van der Waals surface area contributed by atoms with E-state index in [4.69, 9.17) is 0 Å². The van der Waals surface area contributed by atoms with Crippen molar-refractivity contribution in [2.75, 3.05) is 24.5 Å². The highest BCUT2D eigenvalue weighted by molar-refractivity contribution is 5.94. The maximum Gasteiger partial charge on any atom is 0.308 e. The number of carboxylic acid groups (broad SMARTS) is 1. The number of nitrogens with zero attached hydrogens (tertiary/aromatic N) is 3. The third kappa shape index (κ3) is 3.94. The van der Waals surface area contributed by atoms with Crippen LogP contribution in [0.1, 0.15) is 55.8 Å². The van der Waals surface area contributed by atoms with Crippen LogP contribution >= 0.6 is 0 Å². The van der Waals surface area contributed by atoms with Gasteiger partial charge in [-0.05, 0) is 44.7 Å². The van der Waals surface area contributed by atoms with E-state index in [1.807, 2.05) is 19.1 Å². The van der Waals surface area contributed by atoms with Crippen molar-refractivity contribution >= 4 is 17.7 Å². The van der Waals surface area contributed by atoms with Crippen molar-refractivity contribution in [3.05, 3.63) is 23.9 Å². The summed E-state index contributed by atoms with van der Waals surface area (Å²) in [4.78, 5) is 32.6. The number of rotatable bonds is 3. The van der Waals surface area contributed by atoms with Crippen LogP contribution in [-0.4, -0.2) is 52.5 Å². The minimum absolute atomic E-state index is 0.117. The molecule has 2 aliphatic rings. The van der Waals surface area contributed by atoms with E-state index in [2.05, 4.69) is 9.88 Å². The zero-order valence-electron chi connectivity index (χ0n) is 14.9. The van der Waals surface area contributed by atoms with E-state index in [-0.39, 0.29) is 11.9 Å². The predicted molar refractivity (Wildman–Crippen MR) is 95.8 cm³/mol. The van der Waals surface area contributed by atoms with E-state index in [1.54, 1.807) is 11.1 Å². The Kier molecular flexibility index (Phi) is 5.56. The Morgan fingerprint density at radius 3 is 2.40 bits per heavy atom. The van der Waals surface area contributed by atoms with Crippen LogP contribution in [-0.2, 0) is 4.79 Å². The minimum Gasteiger partial charge on any atom is -0.481 e. The molecule has 1 N–H and O–H groups in total. The summed E-state index contributed by atoms with van der Waals surface area (Å²) < 4.78 is 0. The van der Waals surface area contributed by atoms with Crippen LogP contribution in [0.25, 0.3) is 0 Å². The molecule has 136 valence electrons. The highest BCUT2D eigenvalue weighted by Crippen LogP contribution is 2.26. The fourth-order valence-corrected chi connectivity index (χ4v) is 3.93. The second kappa shape index (κ2) is 7.85. The Labute approximate surface area is 148 Å². The molecule has 2 atom stereocenters. The molecule has 0 spiro atoms. The van der Waals surface area contributed by atoms with Gasteiger partial charge in [0, 0.05) is 31.9 Å². The van der Waals surface area contributed by atoms with E-state index in [9.17, 15) is 14.7 Å². The number of hydrogen-bond acceptors (Lipinski definition) is 4. The number of pyridine rings is 1. The number of amides is 1. The van der Waals surface area contributed by atoms with Crippen LogP contribution in [0.15, 0.2) is 18.3 Å². The molecule has 0 aromatic carbocycles. The smallest absolute Gasteiger partial charge is 0.308 e. The molecule has 3 rings (SSSR count). The van der Waals surface area contributed by atoms with Crippen molar-refractivity contribution in [2.45, 2.75) is 51.5 Å². The molecule has 1 amide bonds. The maximum absolute atomic E-state index is 12.8. The Morgan fingerprint density at radius 1 is 1.08 bits per heavy atom. The van der Waals surface area contributed by atoms with Crippen molar-refractivity contribution < 1.29 is 14.7 Å². The van der Waals surface area contributed by atoms with Crippen molar-refractivity contribution in [3.63, 3.8) is 0 Å². The molecule has 1 aromatic rings. The second-order valence-corrected chi connectivity index (χ2v) is 7.13. The van der Waals surface area contributed by atoms with Gasteiger partial charge in [0.15, 0.2) is 0 Å². The number of aromatic nitrogens is 1. The van der Waals surface area contributed by atoms with Gasteiger partial charge in [0.25, 0.3) is 5.91 Å². The van der Waals surface area contributed by atoms with Crippen molar-refractivity contribution in [2.24, 2.45) is 5.92 Å². The summed E-state index contributed by atoms with van der Waals surface area (Å²) in [6, 6.07) is 3.46. The highest BCUT2D eigenvalue weighted by Gasteiger charge is 2.35. The van der Waals surface area contributed by atoms with E-state index >= 15 is 0 Å². The van der Waals surface area contributed by atoms with Crippen LogP contribution in [0.2, 0.25) is 0 Å². The van der Waals surface area contributed by atoms with Gasteiger partial charge in [0.1, 0.15) is 5.82 Å². The number of aliphatic carboxylic acids is 1. The largest absolute Gasteiger partial charge is 0.481 e. The van der Waals surface area contributed by atoms with Gasteiger partial charge in [-0.2, -0.15) is 0 Å². The van der Waals surface area contributed by atoms with Crippen LogP contribution in [0.5, 0.6) is 0 Å². The fraction of sp³-hybridized carbons (Fsp3) is 0.632. The number of likely N-dealkylation sites (tertiary alicyclic amines) is 1. The van der Waals surface area contributed by atoms with Crippen LogP contribution < -0.4 is 4.90 Å². The van der Waals surface area contributed by atoms with Crippen molar-refractivity contribution in [3.8, 4) is 0 Å². The Balaban J connectivity index is 1.70. The summed E-state index contributed by atoms with van der Waals surface area (Å²) in [7, 11) is 0. The molecule has 1 aromatic heterocycles. The molecule has 2 fully saturated rings. The summed E-state index contributed by atoms with van der Waals surface area (Å²) in [5.41, 5.74) is 0.538. The minimum atomic E-state index is -0.820. The first-order valence-electron chi connectivity index (χ1n) is 9.32. The van der Waals surface area contributed by atoms with E-state index in [0.717, 1.165) is 25.3 Å². The molecule has 0 aliphatic carbocycles. The molecule has 0 radical (unpaired) electrons. The molecule has 0 saturated carbocycles. The van der Waals surface area contributed by atoms with Gasteiger partial charge in [-0.25, -0.2) is 4.98 Å². The van der Waals surface area contributed by atoms with Gasteiger partial charge in [0.2, 0.25) is 0 Å². The number of hydrogen-bond donors (Lipinski definition) is 1. The van der Waals surface area contributed by atoms with Crippen LogP contribution in [0.4, 0.5) is 5.82 Å². The SMILES string of the molecule is C[C@@H]1[C@H](C(=O)O)CCCN1C(=O)c1ccc(N2CCCCCC2)nc1. The molecule has 25 heavy (non-hydrogen) atoms. The lowest BCUT2D eigenvalue weighted by atomic mass is 9.90. The van der Waals surface area contributed by atoms with Gasteiger partial charge in [-0.3, -0.25) is 9.59 Å². The second-order valence-electron chi connectivity index (χ2n) is 7.13. The van der Waals surface area contributed by atoms with E-state index < -0.39 is 11.9 Å². The Bertz CT molecular complexity index is 609. The average molecular weight is 345 g/mol. The Morgan fingerprint density at radius 2 is 1.80 bits per heavy atom. The standard InChI is InChI=1S/C19H27N3O3/c1-14-16(19(24)25)7-6-12-22(14)18(23)15-8-9-17(20-13-15)21-10-4-2-3-5-11-21/h8-9,13-14,16H,2-7,10-12H2,1H3,(H,24,25)/t14-,16-/m1/s1. The number of anilines is 1. The fourth-order valence-electron chi connectivity index (χ4n) is 3.93. The molecule has 2 saturated heterocycles. The van der Waals surface area contributed by atoms with E-state index in [1.165, 1.54) is 25.7 Å². The quantitative estimate of drug-likeness (QED) is 0.912. The van der Waals surface area contributed by atoms with Crippen LogP contribution in [0, 0.1) is 5.92 Å². The number of carboxylic acids is 1. The third-order valence-electron chi connectivity index (χ3n) is 5.49. The number of piperidine rings is 1. The molecule has 0 bridgehead atoms. The lowest BCUT2D eigenvalue weighted by Crippen LogP contribution is -2.49. The van der Waals surface area contributed by atoms with Crippen LogP contribution in [0.3, 0.4) is 0 Å². The Hall–Kier alpha value is -2.11. The summed E-state index contributed by atoms with van der Waals surface area (Å²) in [6.07, 6.45) is 7.90. The molecular weight excluding hydrogens is 318 g/mol. The van der Waals surface area contributed by atoms with E-state index in [0.29, 0.717) is 18.5 Å². The molecule has 0 unspecified atom stereocenters. The van der Waals surface area contributed by atoms with Gasteiger partial charge < -0.3 is 14.9 Å². The molecular formula is C19H27N3O3. The average Bonchev–Trinajstić information content (AvgIpc) is 2.90. The lowest BCUT2D eigenvalue weighted by Gasteiger charge is -2.37. The van der Waals surface area contributed by atoms with Crippen molar-refractivity contribution in [1.29, 1.82) is 0 Å². The van der Waals surface area contributed by atoms with Gasteiger partial charge in [-0.1, -0.05) is 12.8 Å². The van der Waals surface area contributed by atoms with Crippen molar-refractivity contribution in [1.82, 2.24) is 9.88 Å². The normalized spacial score (nSPS) is 24.7. The zero-order valence-corrected chi connectivity index (χ0v) is 14.9. The first-order chi connectivity index (χ1) is 12.1. The topological polar surface area (TPSA) is 73.7 Å². The first-order valence-corrected chi connectivity index (χ1v) is 9.32.